The van der Waals surface area contributed by atoms with Crippen molar-refractivity contribution in [1.29, 1.82) is 0 Å². The molecular formula is C20H17ClN2O3. The summed E-state index contributed by atoms with van der Waals surface area (Å²) in [5, 5.41) is 15.1. The lowest BCUT2D eigenvalue weighted by molar-refractivity contribution is -0.384. The van der Waals surface area contributed by atoms with Gasteiger partial charge in [0, 0.05) is 17.1 Å². The Bertz CT molecular complexity index is 967. The molecule has 3 aromatic rings. The zero-order valence-electron chi connectivity index (χ0n) is 13.9. The van der Waals surface area contributed by atoms with Crippen molar-refractivity contribution in [2.24, 2.45) is 0 Å². The highest BCUT2D eigenvalue weighted by Gasteiger charge is 2.22. The van der Waals surface area contributed by atoms with Crippen LogP contribution >= 0.6 is 11.6 Å². The van der Waals surface area contributed by atoms with E-state index in [1.165, 1.54) is 17.2 Å². The number of nitro benzene ring substituents is 1. The van der Waals surface area contributed by atoms with Crippen LogP contribution < -0.4 is 5.32 Å². The van der Waals surface area contributed by atoms with Gasteiger partial charge in [0.2, 0.25) is 0 Å². The first-order chi connectivity index (χ1) is 12.6. The number of hydrogen-bond donors (Lipinski definition) is 1. The summed E-state index contributed by atoms with van der Waals surface area (Å²) >= 11 is 5.87. The van der Waals surface area contributed by atoms with Crippen molar-refractivity contribution in [2.45, 2.75) is 25.4 Å². The minimum Gasteiger partial charge on any atom is -0.459 e. The Morgan fingerprint density at radius 3 is 2.88 bits per heavy atom. The molecule has 1 atom stereocenters. The number of nitro groups is 1. The monoisotopic (exact) mass is 368 g/mol. The number of furan rings is 1. The van der Waals surface area contributed by atoms with Gasteiger partial charge in [0.1, 0.15) is 11.5 Å². The van der Waals surface area contributed by atoms with Crippen LogP contribution in [0.25, 0.3) is 11.3 Å². The van der Waals surface area contributed by atoms with Crippen LogP contribution in [0.5, 0.6) is 0 Å². The molecule has 1 heterocycles. The Hall–Kier alpha value is -2.63. The average Bonchev–Trinajstić information content (AvgIpc) is 3.27. The van der Waals surface area contributed by atoms with E-state index in [1.807, 2.05) is 6.07 Å². The summed E-state index contributed by atoms with van der Waals surface area (Å²) in [7, 11) is 0. The zero-order chi connectivity index (χ0) is 18.1. The number of nitrogens with one attached hydrogen (secondary N) is 1. The molecule has 0 radical (unpaired) electrons. The fourth-order valence-corrected chi connectivity index (χ4v) is 3.64. The van der Waals surface area contributed by atoms with Crippen LogP contribution in [-0.2, 0) is 13.0 Å². The van der Waals surface area contributed by atoms with E-state index in [9.17, 15) is 10.1 Å². The van der Waals surface area contributed by atoms with Crippen molar-refractivity contribution < 1.29 is 9.34 Å². The molecule has 26 heavy (non-hydrogen) atoms. The fourth-order valence-electron chi connectivity index (χ4n) is 3.47. The second-order valence-electron chi connectivity index (χ2n) is 6.36. The summed E-state index contributed by atoms with van der Waals surface area (Å²) in [6.45, 7) is 0.570. The number of hydrogen-bond acceptors (Lipinski definition) is 4. The van der Waals surface area contributed by atoms with E-state index in [0.29, 0.717) is 28.9 Å². The predicted molar refractivity (Wildman–Crippen MR) is 100 cm³/mol. The Labute approximate surface area is 155 Å². The molecule has 0 bridgehead atoms. The van der Waals surface area contributed by atoms with Crippen LogP contribution in [0.4, 0.5) is 5.69 Å². The molecule has 0 aliphatic heterocycles. The van der Waals surface area contributed by atoms with Gasteiger partial charge >= 0.3 is 0 Å². The Morgan fingerprint density at radius 2 is 2.04 bits per heavy atom. The molecule has 5 nitrogen and oxygen atoms in total. The van der Waals surface area contributed by atoms with Gasteiger partial charge in [-0.25, -0.2) is 0 Å². The third-order valence-electron chi connectivity index (χ3n) is 4.74. The molecule has 0 unspecified atom stereocenters. The fraction of sp³-hybridized carbons (Fsp3) is 0.200. The van der Waals surface area contributed by atoms with E-state index in [0.717, 1.165) is 18.6 Å². The molecule has 0 saturated carbocycles. The van der Waals surface area contributed by atoms with E-state index in [4.69, 9.17) is 16.0 Å². The van der Waals surface area contributed by atoms with E-state index < -0.39 is 4.92 Å². The first-order valence-electron chi connectivity index (χ1n) is 8.46. The first kappa shape index (κ1) is 16.8. The van der Waals surface area contributed by atoms with Gasteiger partial charge in [0.25, 0.3) is 5.69 Å². The smallest absolute Gasteiger partial charge is 0.281 e. The van der Waals surface area contributed by atoms with Gasteiger partial charge in [0.05, 0.1) is 17.0 Å². The summed E-state index contributed by atoms with van der Waals surface area (Å²) in [6, 6.07) is 17.0. The molecular weight excluding hydrogens is 352 g/mol. The van der Waals surface area contributed by atoms with Crippen molar-refractivity contribution in [1.82, 2.24) is 5.32 Å². The Morgan fingerprint density at radius 1 is 1.19 bits per heavy atom. The molecule has 1 aliphatic rings. The van der Waals surface area contributed by atoms with Crippen LogP contribution in [0.2, 0.25) is 5.02 Å². The van der Waals surface area contributed by atoms with Gasteiger partial charge < -0.3 is 9.73 Å². The van der Waals surface area contributed by atoms with Crippen molar-refractivity contribution in [2.75, 3.05) is 0 Å². The third-order valence-corrected chi connectivity index (χ3v) is 4.97. The van der Waals surface area contributed by atoms with Crippen LogP contribution in [0.15, 0.2) is 59.0 Å². The van der Waals surface area contributed by atoms with Crippen LogP contribution in [-0.4, -0.2) is 4.92 Å². The Balaban J connectivity index is 1.50. The summed E-state index contributed by atoms with van der Waals surface area (Å²) in [6.07, 6.45) is 2.14. The maximum atomic E-state index is 11.3. The number of rotatable bonds is 5. The highest BCUT2D eigenvalue weighted by Crippen LogP contribution is 2.34. The van der Waals surface area contributed by atoms with Gasteiger partial charge in [-0.2, -0.15) is 0 Å². The number of fused-ring (bicyclic) bond motifs is 1. The van der Waals surface area contributed by atoms with Crippen LogP contribution in [0.3, 0.4) is 0 Å². The van der Waals surface area contributed by atoms with Crippen molar-refractivity contribution in [3.8, 4) is 11.3 Å². The lowest BCUT2D eigenvalue weighted by Crippen LogP contribution is -2.18. The van der Waals surface area contributed by atoms with E-state index in [-0.39, 0.29) is 5.69 Å². The lowest BCUT2D eigenvalue weighted by atomic mass is 10.1. The van der Waals surface area contributed by atoms with Gasteiger partial charge in [-0.3, -0.25) is 10.1 Å². The van der Waals surface area contributed by atoms with Gasteiger partial charge in [-0.1, -0.05) is 35.9 Å². The largest absolute Gasteiger partial charge is 0.459 e. The van der Waals surface area contributed by atoms with Gasteiger partial charge in [0.15, 0.2) is 0 Å². The minimum atomic E-state index is -0.447. The summed E-state index contributed by atoms with van der Waals surface area (Å²) in [5.41, 5.74) is 3.10. The second kappa shape index (κ2) is 6.94. The highest BCUT2D eigenvalue weighted by atomic mass is 35.5. The van der Waals surface area contributed by atoms with E-state index >= 15 is 0 Å². The molecule has 0 amide bonds. The summed E-state index contributed by atoms with van der Waals surface area (Å²) < 4.78 is 5.84. The van der Waals surface area contributed by atoms with Crippen LogP contribution in [0, 0.1) is 10.1 Å². The van der Waals surface area contributed by atoms with Crippen molar-refractivity contribution in [3.63, 3.8) is 0 Å². The summed E-state index contributed by atoms with van der Waals surface area (Å²) in [5.74, 6) is 1.21. The van der Waals surface area contributed by atoms with Crippen molar-refractivity contribution >= 4 is 17.3 Å². The normalized spacial score (nSPS) is 15.8. The quantitative estimate of drug-likeness (QED) is 0.491. The lowest BCUT2D eigenvalue weighted by Gasteiger charge is -2.12. The molecule has 4 rings (SSSR count). The maximum Gasteiger partial charge on any atom is 0.281 e. The molecule has 132 valence electrons. The SMILES string of the molecule is O=[N+]([O-])c1cc(Cl)ccc1-c1ccc(CN[C@@H]2CCc3ccccc32)o1. The Kier molecular flexibility index (Phi) is 4.49. The number of aryl methyl sites for hydroxylation is 1. The topological polar surface area (TPSA) is 68.3 Å². The number of nitrogens with zero attached hydrogens (tertiary/aromatic N) is 1. The van der Waals surface area contributed by atoms with E-state index in [2.05, 4.69) is 29.6 Å². The zero-order valence-corrected chi connectivity index (χ0v) is 14.7. The average molecular weight is 369 g/mol. The predicted octanol–water partition coefficient (Wildman–Crippen LogP) is 5.29. The number of halogens is 1. The summed E-state index contributed by atoms with van der Waals surface area (Å²) in [4.78, 5) is 10.8. The molecule has 0 fully saturated rings. The molecule has 2 aromatic carbocycles. The molecule has 0 saturated heterocycles. The second-order valence-corrected chi connectivity index (χ2v) is 6.79. The molecule has 1 aliphatic carbocycles. The molecule has 1 N–H and O–H groups in total. The third kappa shape index (κ3) is 3.23. The first-order valence-corrected chi connectivity index (χ1v) is 8.84. The van der Waals surface area contributed by atoms with E-state index in [1.54, 1.807) is 18.2 Å². The minimum absolute atomic E-state index is 0.0592. The molecule has 1 aromatic heterocycles. The molecule has 6 heteroatoms. The highest BCUT2D eigenvalue weighted by molar-refractivity contribution is 6.30. The van der Waals surface area contributed by atoms with Gasteiger partial charge in [-0.05, 0) is 48.2 Å². The van der Waals surface area contributed by atoms with Gasteiger partial charge in [-0.15, -0.1) is 0 Å². The maximum absolute atomic E-state index is 11.3. The molecule has 0 spiro atoms. The standard InChI is InChI=1S/C20H17ClN2O3/c21-14-6-8-17(19(11-14)23(24)25)20-10-7-15(26-20)12-22-18-9-5-13-3-1-2-4-16(13)18/h1-4,6-8,10-11,18,22H,5,9,12H2/t18-/m1/s1. The van der Waals surface area contributed by atoms with Crippen LogP contribution in [0.1, 0.15) is 29.3 Å². The number of benzene rings is 2. The van der Waals surface area contributed by atoms with Crippen molar-refractivity contribution in [3.05, 3.63) is 86.6 Å².